The molecule has 1 N–H and O–H groups in total. The second-order valence-electron chi connectivity index (χ2n) is 15.8. The highest BCUT2D eigenvalue weighted by Gasteiger charge is 2.49. The van der Waals surface area contributed by atoms with E-state index in [1.165, 1.54) is 19.3 Å². The minimum absolute atomic E-state index is 0.0690. The molecule has 1 fully saturated rings. The molecule has 2 aliphatic rings. The minimum Gasteiger partial charge on any atom is -0.459 e. The number of allylic oxidation sites excluding steroid dienone is 2. The van der Waals surface area contributed by atoms with Crippen LogP contribution in [0.4, 0.5) is 0 Å². The lowest BCUT2D eigenvalue weighted by Gasteiger charge is -2.40. The third-order valence-corrected chi connectivity index (χ3v) is 18.6. The molecule has 0 unspecified atom stereocenters. The number of rotatable bonds is 12. The molecule has 232 valence electrons. The van der Waals surface area contributed by atoms with Gasteiger partial charge in [-0.3, -0.25) is 0 Å². The fraction of sp³-hybridized carbons (Fsp3) is 0.853. The molecule has 0 bridgehead atoms. The van der Waals surface area contributed by atoms with Crippen molar-refractivity contribution in [3.05, 3.63) is 24.3 Å². The van der Waals surface area contributed by atoms with Crippen molar-refractivity contribution in [2.45, 2.75) is 161 Å². The maximum Gasteiger partial charge on any atom is 0.330 e. The van der Waals surface area contributed by atoms with Gasteiger partial charge >= 0.3 is 5.97 Å². The maximum atomic E-state index is 12.6. The van der Waals surface area contributed by atoms with Gasteiger partial charge in [-0.05, 0) is 80.2 Å². The number of hydrogen-bond donors (Lipinski definition) is 1. The molecular weight excluding hydrogens is 529 g/mol. The van der Waals surface area contributed by atoms with Crippen LogP contribution in [0.5, 0.6) is 0 Å². The highest BCUT2D eigenvalue weighted by atomic mass is 28.4. The summed E-state index contributed by atoms with van der Waals surface area (Å²) in [6.45, 7) is 25.0. The van der Waals surface area contributed by atoms with Crippen LogP contribution < -0.4 is 0 Å². The summed E-state index contributed by atoms with van der Waals surface area (Å²) in [6.07, 6.45) is 19.5. The van der Waals surface area contributed by atoms with Crippen molar-refractivity contribution in [1.82, 2.24) is 0 Å². The van der Waals surface area contributed by atoms with Crippen molar-refractivity contribution in [2.75, 3.05) is 0 Å². The molecule has 0 saturated heterocycles. The zero-order valence-electron chi connectivity index (χ0n) is 28.0. The molecule has 0 amide bonds. The molecule has 0 aromatic heterocycles. The van der Waals surface area contributed by atoms with Crippen molar-refractivity contribution in [1.29, 1.82) is 0 Å². The third kappa shape index (κ3) is 10.2. The van der Waals surface area contributed by atoms with Gasteiger partial charge in [0.05, 0.1) is 6.10 Å². The van der Waals surface area contributed by atoms with E-state index in [0.717, 1.165) is 44.9 Å². The van der Waals surface area contributed by atoms with Crippen LogP contribution >= 0.6 is 0 Å². The fourth-order valence-corrected chi connectivity index (χ4v) is 8.29. The molecule has 2 rings (SSSR count). The van der Waals surface area contributed by atoms with Gasteiger partial charge in [0.15, 0.2) is 16.6 Å². The minimum atomic E-state index is -2.33. The van der Waals surface area contributed by atoms with Crippen LogP contribution in [0.3, 0.4) is 0 Å². The summed E-state index contributed by atoms with van der Waals surface area (Å²) in [5.41, 5.74) is 0. The van der Waals surface area contributed by atoms with E-state index in [2.05, 4.69) is 86.8 Å². The zero-order valence-corrected chi connectivity index (χ0v) is 30.0. The van der Waals surface area contributed by atoms with E-state index in [1.54, 1.807) is 6.08 Å². The fourth-order valence-electron chi connectivity index (χ4n) is 6.16. The standard InChI is InChI=1S/C34H64O4Si2/c1-12-13-18-26(2)23-27(25-34(6,7)39(8,9)36)21-22-29-28-19-16-14-15-17-20-32(35)37-30(28)24-31(29)38-40(10,11)33(3,4)5/h17,20-22,26-31,36H,12-16,18-19,23-25H2,1-11H3/b20-17+,22-21+/t26-,27+,28+,29+,30-,31+/m0/s1. The Kier molecular flexibility index (Phi) is 13.0. The molecule has 0 radical (unpaired) electrons. The smallest absolute Gasteiger partial charge is 0.330 e. The Morgan fingerprint density at radius 3 is 2.42 bits per heavy atom. The molecule has 1 heterocycles. The quantitative estimate of drug-likeness (QED) is 0.139. The molecule has 1 saturated carbocycles. The van der Waals surface area contributed by atoms with E-state index >= 15 is 0 Å². The van der Waals surface area contributed by atoms with E-state index in [0.29, 0.717) is 11.8 Å². The molecule has 1 aliphatic carbocycles. The molecule has 6 heteroatoms. The lowest BCUT2D eigenvalue weighted by atomic mass is 9.83. The lowest BCUT2D eigenvalue weighted by Crippen LogP contribution is -2.45. The summed E-state index contributed by atoms with van der Waals surface area (Å²) < 4.78 is 13.2. The average molecular weight is 593 g/mol. The molecular formula is C34H64O4Si2. The Morgan fingerprint density at radius 2 is 1.82 bits per heavy atom. The second kappa shape index (κ2) is 14.7. The normalized spacial score (nSPS) is 27.8. The first-order valence-electron chi connectivity index (χ1n) is 16.3. The van der Waals surface area contributed by atoms with E-state index in [9.17, 15) is 9.59 Å². The van der Waals surface area contributed by atoms with Gasteiger partial charge in [0.25, 0.3) is 0 Å². The summed E-state index contributed by atoms with van der Waals surface area (Å²) in [7, 11) is -4.34. The molecule has 1 aliphatic heterocycles. The summed E-state index contributed by atoms with van der Waals surface area (Å²) in [4.78, 5) is 23.8. The number of fused-ring (bicyclic) bond motifs is 1. The van der Waals surface area contributed by atoms with Crippen molar-refractivity contribution in [3.63, 3.8) is 0 Å². The van der Waals surface area contributed by atoms with Crippen LogP contribution in [0, 0.1) is 23.7 Å². The Balaban J connectivity index is 2.43. The van der Waals surface area contributed by atoms with Crippen LogP contribution in [0.15, 0.2) is 24.3 Å². The molecule has 0 spiro atoms. The first-order valence-corrected chi connectivity index (χ1v) is 22.2. The van der Waals surface area contributed by atoms with Crippen molar-refractivity contribution in [2.24, 2.45) is 23.7 Å². The molecule has 0 aromatic rings. The summed E-state index contributed by atoms with van der Waals surface area (Å²) in [6, 6.07) is 0. The predicted molar refractivity (Wildman–Crippen MR) is 175 cm³/mol. The Bertz CT molecular complexity index is 849. The Hall–Kier alpha value is -0.696. The van der Waals surface area contributed by atoms with Gasteiger partial charge < -0.3 is 14.0 Å². The average Bonchev–Trinajstić information content (AvgIpc) is 3.11. The maximum absolute atomic E-state index is 12.6. The van der Waals surface area contributed by atoms with Gasteiger partial charge in [-0.15, -0.1) is 0 Å². The van der Waals surface area contributed by atoms with Crippen LogP contribution in [0.1, 0.15) is 113 Å². The largest absolute Gasteiger partial charge is 0.459 e. The van der Waals surface area contributed by atoms with E-state index in [4.69, 9.17) is 9.16 Å². The molecule has 40 heavy (non-hydrogen) atoms. The Morgan fingerprint density at radius 1 is 1.15 bits per heavy atom. The van der Waals surface area contributed by atoms with Gasteiger partial charge in [-0.2, -0.15) is 0 Å². The highest BCUT2D eigenvalue weighted by Crippen LogP contribution is 2.47. The van der Waals surface area contributed by atoms with Gasteiger partial charge in [-0.25, -0.2) is 4.79 Å². The van der Waals surface area contributed by atoms with Crippen molar-refractivity contribution < 1.29 is 18.8 Å². The topological polar surface area (TPSA) is 55.8 Å². The van der Waals surface area contributed by atoms with Crippen LogP contribution in [0.2, 0.25) is 36.3 Å². The number of unbranched alkanes of at least 4 members (excludes halogenated alkanes) is 1. The predicted octanol–water partition coefficient (Wildman–Crippen LogP) is 9.81. The molecule has 0 aromatic carbocycles. The number of esters is 1. The van der Waals surface area contributed by atoms with Gasteiger partial charge in [-0.1, -0.05) is 92.4 Å². The van der Waals surface area contributed by atoms with Crippen molar-refractivity contribution in [3.8, 4) is 0 Å². The van der Waals surface area contributed by atoms with E-state index in [-0.39, 0.29) is 40.1 Å². The molecule has 6 atom stereocenters. The second-order valence-corrected chi connectivity index (χ2v) is 25.1. The Labute approximate surface area is 250 Å². The van der Waals surface area contributed by atoms with E-state index in [1.807, 2.05) is 6.08 Å². The number of ether oxygens (including phenoxy) is 1. The van der Waals surface area contributed by atoms with Crippen LogP contribution in [-0.2, 0) is 14.0 Å². The van der Waals surface area contributed by atoms with E-state index < -0.39 is 16.6 Å². The molecule has 4 nitrogen and oxygen atoms in total. The van der Waals surface area contributed by atoms with Gasteiger partial charge in [0.2, 0.25) is 0 Å². The summed E-state index contributed by atoms with van der Waals surface area (Å²) in [5.74, 6) is 1.40. The first-order chi connectivity index (χ1) is 18.4. The number of carbonyl (C=O) groups is 1. The zero-order chi connectivity index (χ0) is 30.4. The van der Waals surface area contributed by atoms with Crippen LogP contribution in [0.25, 0.3) is 0 Å². The lowest BCUT2D eigenvalue weighted by molar-refractivity contribution is -0.145. The van der Waals surface area contributed by atoms with Crippen molar-refractivity contribution >= 4 is 22.6 Å². The summed E-state index contributed by atoms with van der Waals surface area (Å²) >= 11 is 0. The summed E-state index contributed by atoms with van der Waals surface area (Å²) in [5, 5.41) is 0.0514. The third-order valence-electron chi connectivity index (χ3n) is 10.6. The van der Waals surface area contributed by atoms with Gasteiger partial charge in [0.1, 0.15) is 6.10 Å². The first kappa shape index (κ1) is 35.5. The van der Waals surface area contributed by atoms with Gasteiger partial charge in [0, 0.05) is 24.3 Å². The monoisotopic (exact) mass is 592 g/mol. The SMILES string of the molecule is CCCC[C@H](C)C[C@@H](/C=C/[C@@H]1[C@H]2CCCC/C=C/C(=O)O[C@H]2C[C@H]1O[Si](C)(C)C(C)(C)C)CC(C)(C)[Si](C)(C)O. The highest BCUT2D eigenvalue weighted by molar-refractivity contribution is 6.74. The number of carbonyl (C=O) groups excluding carboxylic acids is 1. The number of hydrogen-bond acceptors (Lipinski definition) is 4. The van der Waals surface area contributed by atoms with Crippen LogP contribution in [-0.4, -0.2) is 39.6 Å².